The van der Waals surface area contributed by atoms with Crippen molar-refractivity contribution in [1.82, 2.24) is 19.9 Å². The number of anilines is 1. The zero-order chi connectivity index (χ0) is 11.7. The van der Waals surface area contributed by atoms with Crippen molar-refractivity contribution < 1.29 is 0 Å². The van der Waals surface area contributed by atoms with E-state index in [0.717, 1.165) is 35.4 Å². The van der Waals surface area contributed by atoms with E-state index in [9.17, 15) is 0 Å². The molecule has 1 aromatic carbocycles. The number of hydrogen-bond donors (Lipinski definition) is 3. The summed E-state index contributed by atoms with van der Waals surface area (Å²) in [6, 6.07) is 8.02. The molecule has 0 atom stereocenters. The number of rotatable bonds is 3. The van der Waals surface area contributed by atoms with Gasteiger partial charge in [-0.1, -0.05) is 12.1 Å². The number of H-pyrrole nitrogens is 2. The Balaban J connectivity index is 1.76. The van der Waals surface area contributed by atoms with E-state index in [0.29, 0.717) is 5.95 Å². The van der Waals surface area contributed by atoms with E-state index in [1.165, 1.54) is 0 Å². The van der Waals surface area contributed by atoms with Gasteiger partial charge in [-0.2, -0.15) is 0 Å². The number of nitrogen functional groups attached to an aromatic ring is 1. The normalized spacial score (nSPS) is 11.1. The maximum atomic E-state index is 5.52. The molecule has 3 aromatic rings. The predicted octanol–water partition coefficient (Wildman–Crippen LogP) is 1.65. The summed E-state index contributed by atoms with van der Waals surface area (Å²) in [7, 11) is 0. The van der Waals surface area contributed by atoms with Crippen LogP contribution in [0.5, 0.6) is 0 Å². The molecule has 4 N–H and O–H groups in total. The molecule has 0 amide bonds. The summed E-state index contributed by atoms with van der Waals surface area (Å²) in [5, 5.41) is 0. The molecule has 2 heterocycles. The molecule has 0 saturated carbocycles. The average Bonchev–Trinajstić information content (AvgIpc) is 2.91. The van der Waals surface area contributed by atoms with Gasteiger partial charge in [-0.25, -0.2) is 9.97 Å². The van der Waals surface area contributed by atoms with Gasteiger partial charge in [0.2, 0.25) is 0 Å². The fraction of sp³-hybridized carbons (Fsp3) is 0.167. The molecule has 86 valence electrons. The minimum atomic E-state index is 0.463. The minimum Gasteiger partial charge on any atom is -0.369 e. The van der Waals surface area contributed by atoms with E-state index < -0.39 is 0 Å². The van der Waals surface area contributed by atoms with E-state index in [4.69, 9.17) is 5.73 Å². The number of hydrogen-bond acceptors (Lipinski definition) is 3. The molecule has 2 aromatic heterocycles. The highest BCUT2D eigenvalue weighted by molar-refractivity contribution is 5.74. The van der Waals surface area contributed by atoms with Crippen LogP contribution in [0.2, 0.25) is 0 Å². The number of aromatic nitrogens is 4. The second-order valence-electron chi connectivity index (χ2n) is 3.99. The first-order chi connectivity index (χ1) is 8.31. The van der Waals surface area contributed by atoms with Crippen LogP contribution in [0, 0.1) is 0 Å². The lowest BCUT2D eigenvalue weighted by Gasteiger charge is -1.93. The summed E-state index contributed by atoms with van der Waals surface area (Å²) in [5.41, 5.74) is 8.63. The molecule has 5 nitrogen and oxygen atoms in total. The molecule has 17 heavy (non-hydrogen) atoms. The average molecular weight is 227 g/mol. The quantitative estimate of drug-likeness (QED) is 0.636. The number of fused-ring (bicyclic) bond motifs is 1. The molecule has 3 rings (SSSR count). The highest BCUT2D eigenvalue weighted by Crippen LogP contribution is 2.11. The largest absolute Gasteiger partial charge is 0.369 e. The maximum absolute atomic E-state index is 5.52. The molecule has 0 unspecified atom stereocenters. The third kappa shape index (κ3) is 1.99. The fourth-order valence-corrected chi connectivity index (χ4v) is 1.88. The van der Waals surface area contributed by atoms with Crippen LogP contribution in [-0.4, -0.2) is 19.9 Å². The topological polar surface area (TPSA) is 83.4 Å². The van der Waals surface area contributed by atoms with Crippen molar-refractivity contribution in [3.8, 4) is 0 Å². The third-order valence-corrected chi connectivity index (χ3v) is 2.72. The molecule has 0 spiro atoms. The Morgan fingerprint density at radius 1 is 1.12 bits per heavy atom. The number of imidazole rings is 2. The smallest absolute Gasteiger partial charge is 0.197 e. The highest BCUT2D eigenvalue weighted by Gasteiger charge is 2.03. The van der Waals surface area contributed by atoms with Gasteiger partial charge in [-0.15, -0.1) is 0 Å². The van der Waals surface area contributed by atoms with Crippen LogP contribution in [0.1, 0.15) is 11.5 Å². The first-order valence-electron chi connectivity index (χ1n) is 5.54. The van der Waals surface area contributed by atoms with Gasteiger partial charge in [0, 0.05) is 12.1 Å². The lowest BCUT2D eigenvalue weighted by atomic mass is 10.2. The molecular formula is C12H13N5. The van der Waals surface area contributed by atoms with Crippen molar-refractivity contribution in [3.05, 3.63) is 42.0 Å². The van der Waals surface area contributed by atoms with Crippen molar-refractivity contribution in [1.29, 1.82) is 0 Å². The molecule has 0 aliphatic carbocycles. The van der Waals surface area contributed by atoms with Crippen molar-refractivity contribution in [2.24, 2.45) is 0 Å². The van der Waals surface area contributed by atoms with E-state index in [-0.39, 0.29) is 0 Å². The lowest BCUT2D eigenvalue weighted by Crippen LogP contribution is -1.94. The zero-order valence-electron chi connectivity index (χ0n) is 9.27. The van der Waals surface area contributed by atoms with Crippen molar-refractivity contribution in [2.45, 2.75) is 12.8 Å². The number of aromatic amines is 2. The van der Waals surface area contributed by atoms with Gasteiger partial charge in [-0.3, -0.25) is 0 Å². The summed E-state index contributed by atoms with van der Waals surface area (Å²) in [6.07, 6.45) is 3.46. The van der Waals surface area contributed by atoms with Gasteiger partial charge in [0.25, 0.3) is 0 Å². The van der Waals surface area contributed by atoms with Crippen LogP contribution >= 0.6 is 0 Å². The zero-order valence-corrected chi connectivity index (χ0v) is 9.27. The molecule has 0 aliphatic heterocycles. The molecule has 0 fully saturated rings. The minimum absolute atomic E-state index is 0.463. The van der Waals surface area contributed by atoms with E-state index >= 15 is 0 Å². The van der Waals surface area contributed by atoms with Gasteiger partial charge in [0.05, 0.1) is 17.2 Å². The monoisotopic (exact) mass is 227 g/mol. The van der Waals surface area contributed by atoms with Crippen molar-refractivity contribution >= 4 is 17.0 Å². The predicted molar refractivity (Wildman–Crippen MR) is 66.5 cm³/mol. The summed E-state index contributed by atoms with van der Waals surface area (Å²) >= 11 is 0. The summed E-state index contributed by atoms with van der Waals surface area (Å²) < 4.78 is 0. The third-order valence-electron chi connectivity index (χ3n) is 2.72. The van der Waals surface area contributed by atoms with Gasteiger partial charge in [-0.05, 0) is 18.6 Å². The van der Waals surface area contributed by atoms with E-state index in [1.807, 2.05) is 24.3 Å². The first-order valence-corrected chi connectivity index (χ1v) is 5.54. The Morgan fingerprint density at radius 2 is 2.00 bits per heavy atom. The number of aryl methyl sites for hydroxylation is 2. The summed E-state index contributed by atoms with van der Waals surface area (Å²) in [4.78, 5) is 14.8. The number of nitrogens with one attached hydrogen (secondary N) is 2. The molecule has 0 aliphatic rings. The molecule has 0 bridgehead atoms. The van der Waals surface area contributed by atoms with Crippen LogP contribution in [0.4, 0.5) is 5.95 Å². The van der Waals surface area contributed by atoms with Crippen LogP contribution in [0.25, 0.3) is 11.0 Å². The van der Waals surface area contributed by atoms with E-state index in [2.05, 4.69) is 19.9 Å². The first kappa shape index (κ1) is 9.89. The standard InChI is InChI=1S/C12H13N5/c13-12-14-7-8(15-12)5-6-11-16-9-3-1-2-4-10(9)17-11/h1-4,7H,5-6H2,(H,16,17)(H3,13,14,15). The second kappa shape index (κ2) is 3.93. The Kier molecular flexibility index (Phi) is 2.29. The molecule has 5 heteroatoms. The van der Waals surface area contributed by atoms with Gasteiger partial charge >= 0.3 is 0 Å². The second-order valence-corrected chi connectivity index (χ2v) is 3.99. The van der Waals surface area contributed by atoms with Crippen LogP contribution in [0.15, 0.2) is 30.5 Å². The number of benzene rings is 1. The molecular weight excluding hydrogens is 214 g/mol. The SMILES string of the molecule is Nc1ncc(CCc2nc3ccccc3[nH]2)[nH]1. The van der Waals surface area contributed by atoms with Gasteiger partial charge in [0.15, 0.2) is 5.95 Å². The fourth-order valence-electron chi connectivity index (χ4n) is 1.88. The van der Waals surface area contributed by atoms with Crippen LogP contribution < -0.4 is 5.73 Å². The Morgan fingerprint density at radius 3 is 2.76 bits per heavy atom. The Bertz CT molecular complexity index is 604. The van der Waals surface area contributed by atoms with Crippen molar-refractivity contribution in [3.63, 3.8) is 0 Å². The number of nitrogens with zero attached hydrogens (tertiary/aromatic N) is 2. The Hall–Kier alpha value is -2.30. The van der Waals surface area contributed by atoms with Gasteiger partial charge < -0.3 is 15.7 Å². The number of para-hydroxylation sites is 2. The maximum Gasteiger partial charge on any atom is 0.197 e. The Labute approximate surface area is 98.1 Å². The van der Waals surface area contributed by atoms with Crippen LogP contribution in [0.3, 0.4) is 0 Å². The summed E-state index contributed by atoms with van der Waals surface area (Å²) in [5.74, 6) is 1.45. The molecule has 0 radical (unpaired) electrons. The summed E-state index contributed by atoms with van der Waals surface area (Å²) in [6.45, 7) is 0. The van der Waals surface area contributed by atoms with Crippen LogP contribution in [-0.2, 0) is 12.8 Å². The van der Waals surface area contributed by atoms with Crippen molar-refractivity contribution in [2.75, 3.05) is 5.73 Å². The van der Waals surface area contributed by atoms with E-state index in [1.54, 1.807) is 6.20 Å². The van der Waals surface area contributed by atoms with Gasteiger partial charge in [0.1, 0.15) is 5.82 Å². The lowest BCUT2D eigenvalue weighted by molar-refractivity contribution is 0.869. The highest BCUT2D eigenvalue weighted by atomic mass is 15.0. The molecule has 0 saturated heterocycles. The number of nitrogens with two attached hydrogens (primary N) is 1.